The minimum Gasteiger partial charge on any atom is -0.481 e. The molecule has 114 valence electrons. The number of urea groups is 1. The van der Waals surface area contributed by atoms with Gasteiger partial charge in [-0.25, -0.2) is 4.79 Å². The summed E-state index contributed by atoms with van der Waals surface area (Å²) in [6, 6.07) is 9.49. The molecule has 0 bridgehead atoms. The van der Waals surface area contributed by atoms with E-state index in [1.807, 2.05) is 37.3 Å². The highest BCUT2D eigenvalue weighted by molar-refractivity contribution is 5.79. The topological polar surface area (TPSA) is 69.6 Å². The Morgan fingerprint density at radius 3 is 2.67 bits per heavy atom. The first kappa shape index (κ1) is 15.4. The minimum atomic E-state index is -0.789. The van der Waals surface area contributed by atoms with Crippen LogP contribution in [0.5, 0.6) is 0 Å². The average Bonchev–Trinajstić information content (AvgIpc) is 2.92. The Labute approximate surface area is 125 Å². The SMILES string of the molecule is CCCC1(C(=O)O)CCN(C(=O)NCc2ccccc2)C1. The molecule has 1 heterocycles. The number of hydrogen-bond donors (Lipinski definition) is 2. The van der Waals surface area contributed by atoms with Gasteiger partial charge in [0.2, 0.25) is 0 Å². The summed E-state index contributed by atoms with van der Waals surface area (Å²) >= 11 is 0. The molecule has 1 saturated heterocycles. The Morgan fingerprint density at radius 2 is 2.05 bits per heavy atom. The van der Waals surface area contributed by atoms with Crippen molar-refractivity contribution < 1.29 is 14.7 Å². The summed E-state index contributed by atoms with van der Waals surface area (Å²) in [4.78, 5) is 25.3. The number of likely N-dealkylation sites (tertiary alicyclic amines) is 1. The molecule has 0 spiro atoms. The van der Waals surface area contributed by atoms with Crippen molar-refractivity contribution in [1.29, 1.82) is 0 Å². The van der Waals surface area contributed by atoms with E-state index in [0.717, 1.165) is 12.0 Å². The van der Waals surface area contributed by atoms with E-state index in [-0.39, 0.29) is 6.03 Å². The van der Waals surface area contributed by atoms with Gasteiger partial charge in [-0.15, -0.1) is 0 Å². The monoisotopic (exact) mass is 290 g/mol. The molecule has 5 nitrogen and oxygen atoms in total. The van der Waals surface area contributed by atoms with Gasteiger partial charge in [0.05, 0.1) is 5.41 Å². The minimum absolute atomic E-state index is 0.182. The highest BCUT2D eigenvalue weighted by Gasteiger charge is 2.45. The van der Waals surface area contributed by atoms with Gasteiger partial charge in [-0.2, -0.15) is 0 Å². The van der Waals surface area contributed by atoms with Gasteiger partial charge in [0, 0.05) is 19.6 Å². The van der Waals surface area contributed by atoms with E-state index >= 15 is 0 Å². The molecule has 1 aromatic rings. The second-order valence-electron chi connectivity index (χ2n) is 5.65. The van der Waals surface area contributed by atoms with Crippen LogP contribution in [0.4, 0.5) is 4.79 Å². The van der Waals surface area contributed by atoms with Gasteiger partial charge < -0.3 is 15.3 Å². The predicted molar refractivity (Wildman–Crippen MR) is 79.8 cm³/mol. The number of aliphatic carboxylic acids is 1. The fourth-order valence-corrected chi connectivity index (χ4v) is 2.90. The maximum atomic E-state index is 12.2. The highest BCUT2D eigenvalue weighted by atomic mass is 16.4. The third-order valence-electron chi connectivity index (χ3n) is 4.11. The molecule has 1 aliphatic heterocycles. The summed E-state index contributed by atoms with van der Waals surface area (Å²) in [6.07, 6.45) is 1.96. The van der Waals surface area contributed by atoms with Crippen molar-refractivity contribution in [3.63, 3.8) is 0 Å². The van der Waals surface area contributed by atoms with Crippen LogP contribution < -0.4 is 5.32 Å². The normalized spacial score (nSPS) is 21.3. The van der Waals surface area contributed by atoms with Crippen molar-refractivity contribution in [2.24, 2.45) is 5.41 Å². The average molecular weight is 290 g/mol. The Balaban J connectivity index is 1.91. The van der Waals surface area contributed by atoms with E-state index in [1.165, 1.54) is 0 Å². The van der Waals surface area contributed by atoms with E-state index in [1.54, 1.807) is 4.90 Å². The number of carbonyl (C=O) groups is 2. The van der Waals surface area contributed by atoms with Crippen molar-refractivity contribution in [2.45, 2.75) is 32.7 Å². The maximum Gasteiger partial charge on any atom is 0.317 e. The molecule has 1 atom stereocenters. The quantitative estimate of drug-likeness (QED) is 0.875. The van der Waals surface area contributed by atoms with Gasteiger partial charge >= 0.3 is 12.0 Å². The molecule has 0 saturated carbocycles. The molecule has 2 rings (SSSR count). The van der Waals surface area contributed by atoms with Crippen LogP contribution in [0.1, 0.15) is 31.7 Å². The molecule has 1 fully saturated rings. The first-order valence-electron chi connectivity index (χ1n) is 7.37. The van der Waals surface area contributed by atoms with Gasteiger partial charge in [0.25, 0.3) is 0 Å². The van der Waals surface area contributed by atoms with Crippen LogP contribution in [0.3, 0.4) is 0 Å². The molecule has 0 aliphatic carbocycles. The van der Waals surface area contributed by atoms with Gasteiger partial charge in [0.1, 0.15) is 0 Å². The fraction of sp³-hybridized carbons (Fsp3) is 0.500. The summed E-state index contributed by atoms with van der Waals surface area (Å²) in [5, 5.41) is 12.3. The number of benzene rings is 1. The molecular weight excluding hydrogens is 268 g/mol. The van der Waals surface area contributed by atoms with E-state index in [9.17, 15) is 14.7 Å². The van der Waals surface area contributed by atoms with Gasteiger partial charge in [-0.3, -0.25) is 4.79 Å². The Bertz CT molecular complexity index is 504. The van der Waals surface area contributed by atoms with Crippen molar-refractivity contribution >= 4 is 12.0 Å². The first-order chi connectivity index (χ1) is 10.1. The second-order valence-corrected chi connectivity index (χ2v) is 5.65. The third kappa shape index (κ3) is 3.54. The zero-order valence-corrected chi connectivity index (χ0v) is 12.3. The lowest BCUT2D eigenvalue weighted by atomic mass is 9.83. The van der Waals surface area contributed by atoms with Crippen molar-refractivity contribution in [1.82, 2.24) is 10.2 Å². The van der Waals surface area contributed by atoms with E-state index in [4.69, 9.17) is 0 Å². The summed E-state index contributed by atoms with van der Waals surface area (Å²) < 4.78 is 0. The number of carboxylic acids is 1. The van der Waals surface area contributed by atoms with E-state index < -0.39 is 11.4 Å². The number of carboxylic acid groups (broad SMARTS) is 1. The summed E-state index contributed by atoms with van der Waals surface area (Å²) in [5.74, 6) is -0.789. The third-order valence-corrected chi connectivity index (χ3v) is 4.11. The number of nitrogens with zero attached hydrogens (tertiary/aromatic N) is 1. The standard InChI is InChI=1S/C16H22N2O3/c1-2-8-16(14(19)20)9-10-18(12-16)15(21)17-11-13-6-4-3-5-7-13/h3-7H,2,8-12H2,1H3,(H,17,21)(H,19,20). The molecule has 1 unspecified atom stereocenters. The first-order valence-corrected chi connectivity index (χ1v) is 7.37. The Morgan fingerprint density at radius 1 is 1.33 bits per heavy atom. The van der Waals surface area contributed by atoms with Gasteiger partial charge in [-0.1, -0.05) is 43.7 Å². The van der Waals surface area contributed by atoms with Crippen LogP contribution in [0.15, 0.2) is 30.3 Å². The number of nitrogens with one attached hydrogen (secondary N) is 1. The Hall–Kier alpha value is -2.04. The predicted octanol–water partition coefficient (Wildman–Crippen LogP) is 2.47. The fourth-order valence-electron chi connectivity index (χ4n) is 2.90. The lowest BCUT2D eigenvalue weighted by molar-refractivity contribution is -0.148. The van der Waals surface area contributed by atoms with Gasteiger partial charge in [0.15, 0.2) is 0 Å². The van der Waals surface area contributed by atoms with Crippen molar-refractivity contribution in [3.05, 3.63) is 35.9 Å². The van der Waals surface area contributed by atoms with Crippen LogP contribution in [-0.4, -0.2) is 35.1 Å². The van der Waals surface area contributed by atoms with Crippen LogP contribution >= 0.6 is 0 Å². The van der Waals surface area contributed by atoms with Crippen molar-refractivity contribution in [3.8, 4) is 0 Å². The second kappa shape index (κ2) is 6.61. The summed E-state index contributed by atoms with van der Waals surface area (Å²) in [6.45, 7) is 3.25. The highest BCUT2D eigenvalue weighted by Crippen LogP contribution is 2.35. The Kier molecular flexibility index (Phi) is 4.83. The molecule has 0 aromatic heterocycles. The molecule has 2 amide bonds. The summed E-state index contributed by atoms with van der Waals surface area (Å²) in [7, 11) is 0. The number of rotatable bonds is 5. The molecule has 1 aliphatic rings. The largest absolute Gasteiger partial charge is 0.481 e. The lowest BCUT2D eigenvalue weighted by Gasteiger charge is -2.24. The van der Waals surface area contributed by atoms with Crippen LogP contribution in [0.25, 0.3) is 0 Å². The zero-order valence-electron chi connectivity index (χ0n) is 12.3. The van der Waals surface area contributed by atoms with E-state index in [0.29, 0.717) is 32.5 Å². The zero-order chi connectivity index (χ0) is 15.3. The smallest absolute Gasteiger partial charge is 0.317 e. The summed E-state index contributed by atoms with van der Waals surface area (Å²) in [5.41, 5.74) is 0.266. The molecule has 5 heteroatoms. The number of hydrogen-bond acceptors (Lipinski definition) is 2. The molecule has 0 radical (unpaired) electrons. The van der Waals surface area contributed by atoms with Crippen molar-refractivity contribution in [2.75, 3.05) is 13.1 Å². The number of amides is 2. The lowest BCUT2D eigenvalue weighted by Crippen LogP contribution is -2.41. The van der Waals surface area contributed by atoms with Crippen LogP contribution in [-0.2, 0) is 11.3 Å². The molecular formula is C16H22N2O3. The number of carbonyl (C=O) groups excluding carboxylic acids is 1. The maximum absolute atomic E-state index is 12.2. The van der Waals surface area contributed by atoms with E-state index in [2.05, 4.69) is 5.32 Å². The molecule has 2 N–H and O–H groups in total. The molecule has 1 aromatic carbocycles. The van der Waals surface area contributed by atoms with Gasteiger partial charge in [-0.05, 0) is 18.4 Å². The molecule has 21 heavy (non-hydrogen) atoms. The van der Waals surface area contributed by atoms with Crippen LogP contribution in [0.2, 0.25) is 0 Å². The van der Waals surface area contributed by atoms with Crippen LogP contribution in [0, 0.1) is 5.41 Å².